The quantitative estimate of drug-likeness (QED) is 0.737. The van der Waals surface area contributed by atoms with Crippen molar-refractivity contribution in [3.8, 4) is 5.75 Å². The molecule has 1 unspecified atom stereocenters. The Bertz CT molecular complexity index is 902. The molecule has 29 heavy (non-hydrogen) atoms. The fourth-order valence-electron chi connectivity index (χ4n) is 3.59. The van der Waals surface area contributed by atoms with Gasteiger partial charge < -0.3 is 19.5 Å². The molecule has 2 saturated carbocycles. The van der Waals surface area contributed by atoms with Gasteiger partial charge in [-0.2, -0.15) is 4.98 Å². The largest absolute Gasteiger partial charge is 0.485 e. The van der Waals surface area contributed by atoms with Crippen molar-refractivity contribution in [2.75, 3.05) is 18.4 Å². The van der Waals surface area contributed by atoms with E-state index in [2.05, 4.69) is 15.5 Å². The minimum Gasteiger partial charge on any atom is -0.485 e. The standard InChI is InChI=1S/C21H24N4O4/c26-19-9-15(11-25(19)10-13-1-2-13)20(27)22-16-5-7-17(8-6-16)28-12-18-23-21(29-24-18)14-3-4-14/h5-8,13-15H,1-4,9-12H2,(H,22,27). The van der Waals surface area contributed by atoms with Crippen molar-refractivity contribution in [2.45, 2.75) is 44.6 Å². The van der Waals surface area contributed by atoms with Gasteiger partial charge in [0.15, 0.2) is 6.61 Å². The number of aromatic nitrogens is 2. The second-order valence-electron chi connectivity index (χ2n) is 8.27. The number of hydrogen-bond donors (Lipinski definition) is 1. The molecule has 0 radical (unpaired) electrons. The Morgan fingerprint density at radius 1 is 1.21 bits per heavy atom. The van der Waals surface area contributed by atoms with Crippen molar-refractivity contribution >= 4 is 17.5 Å². The van der Waals surface area contributed by atoms with E-state index < -0.39 is 0 Å². The van der Waals surface area contributed by atoms with Gasteiger partial charge in [0.05, 0.1) is 5.92 Å². The lowest BCUT2D eigenvalue weighted by atomic mass is 10.1. The number of carbonyl (C=O) groups is 2. The number of amides is 2. The van der Waals surface area contributed by atoms with Gasteiger partial charge in [-0.15, -0.1) is 0 Å². The van der Waals surface area contributed by atoms with Crippen molar-refractivity contribution in [2.24, 2.45) is 11.8 Å². The van der Waals surface area contributed by atoms with Gasteiger partial charge in [0.2, 0.25) is 23.5 Å². The van der Waals surface area contributed by atoms with Crippen LogP contribution < -0.4 is 10.1 Å². The summed E-state index contributed by atoms with van der Waals surface area (Å²) in [5.74, 6) is 2.66. The van der Waals surface area contributed by atoms with Crippen molar-refractivity contribution in [1.29, 1.82) is 0 Å². The number of ether oxygens (including phenoxy) is 1. The number of anilines is 1. The first-order chi connectivity index (χ1) is 14.1. The molecule has 1 aromatic carbocycles. The minimum absolute atomic E-state index is 0.0899. The number of nitrogens with one attached hydrogen (secondary N) is 1. The molecule has 1 saturated heterocycles. The molecule has 2 amide bonds. The second-order valence-corrected chi connectivity index (χ2v) is 8.27. The maximum Gasteiger partial charge on any atom is 0.229 e. The smallest absolute Gasteiger partial charge is 0.229 e. The SMILES string of the molecule is O=C(Nc1ccc(OCc2noc(C3CC3)n2)cc1)C1CC(=O)N(CC2CC2)C1. The topological polar surface area (TPSA) is 97.6 Å². The van der Waals surface area contributed by atoms with Crippen LogP contribution in [0.5, 0.6) is 5.75 Å². The fraction of sp³-hybridized carbons (Fsp3) is 0.524. The monoisotopic (exact) mass is 396 g/mol. The first-order valence-corrected chi connectivity index (χ1v) is 10.3. The Balaban J connectivity index is 1.11. The zero-order valence-corrected chi connectivity index (χ0v) is 16.2. The van der Waals surface area contributed by atoms with Crippen molar-refractivity contribution in [1.82, 2.24) is 15.0 Å². The maximum absolute atomic E-state index is 12.5. The molecule has 3 fully saturated rings. The molecule has 8 heteroatoms. The third-order valence-electron chi connectivity index (χ3n) is 5.66. The predicted octanol–water partition coefficient (Wildman–Crippen LogP) is 2.72. The summed E-state index contributed by atoms with van der Waals surface area (Å²) in [6.45, 7) is 1.57. The Hall–Kier alpha value is -2.90. The van der Waals surface area contributed by atoms with Crippen LogP contribution in [0.15, 0.2) is 28.8 Å². The van der Waals surface area contributed by atoms with Gasteiger partial charge in [0.1, 0.15) is 5.75 Å². The Kier molecular flexibility index (Phi) is 4.69. The molecule has 152 valence electrons. The first-order valence-electron chi connectivity index (χ1n) is 10.3. The van der Waals surface area contributed by atoms with Crippen LogP contribution in [0.3, 0.4) is 0 Å². The number of hydrogen-bond acceptors (Lipinski definition) is 6. The van der Waals surface area contributed by atoms with Gasteiger partial charge in [0, 0.05) is 31.1 Å². The number of carbonyl (C=O) groups excluding carboxylic acids is 2. The zero-order valence-electron chi connectivity index (χ0n) is 16.2. The van der Waals surface area contributed by atoms with E-state index in [0.29, 0.717) is 48.0 Å². The molecule has 2 heterocycles. The van der Waals surface area contributed by atoms with Crippen LogP contribution in [-0.4, -0.2) is 39.9 Å². The third kappa shape index (κ3) is 4.41. The van der Waals surface area contributed by atoms with E-state index in [4.69, 9.17) is 9.26 Å². The van der Waals surface area contributed by atoms with Crippen LogP contribution in [-0.2, 0) is 16.2 Å². The van der Waals surface area contributed by atoms with Gasteiger partial charge in [-0.05, 0) is 55.9 Å². The highest BCUT2D eigenvalue weighted by molar-refractivity contribution is 5.97. The summed E-state index contributed by atoms with van der Waals surface area (Å²) >= 11 is 0. The lowest BCUT2D eigenvalue weighted by molar-refractivity contribution is -0.128. The fourth-order valence-corrected chi connectivity index (χ4v) is 3.59. The Morgan fingerprint density at radius 3 is 2.72 bits per heavy atom. The van der Waals surface area contributed by atoms with E-state index in [0.717, 1.165) is 19.4 Å². The summed E-state index contributed by atoms with van der Waals surface area (Å²) in [5, 5.41) is 6.83. The second kappa shape index (κ2) is 7.50. The van der Waals surface area contributed by atoms with Crippen LogP contribution in [0, 0.1) is 11.8 Å². The lowest BCUT2D eigenvalue weighted by Crippen LogP contribution is -2.29. The van der Waals surface area contributed by atoms with Crippen LogP contribution in [0.4, 0.5) is 5.69 Å². The lowest BCUT2D eigenvalue weighted by Gasteiger charge is -2.16. The molecule has 1 aliphatic heterocycles. The molecule has 1 atom stereocenters. The van der Waals surface area contributed by atoms with Crippen molar-refractivity contribution in [3.05, 3.63) is 36.0 Å². The summed E-state index contributed by atoms with van der Waals surface area (Å²) in [5.41, 5.74) is 0.686. The van der Waals surface area contributed by atoms with E-state index in [1.807, 2.05) is 4.90 Å². The van der Waals surface area contributed by atoms with E-state index in [1.165, 1.54) is 12.8 Å². The highest BCUT2D eigenvalue weighted by Crippen LogP contribution is 2.38. The molecule has 0 bridgehead atoms. The van der Waals surface area contributed by atoms with E-state index >= 15 is 0 Å². The van der Waals surface area contributed by atoms with Crippen molar-refractivity contribution < 1.29 is 18.8 Å². The molecule has 2 aliphatic carbocycles. The molecular formula is C21H24N4O4. The summed E-state index contributed by atoms with van der Waals surface area (Å²) in [7, 11) is 0. The van der Waals surface area contributed by atoms with E-state index in [9.17, 15) is 9.59 Å². The minimum atomic E-state index is -0.281. The molecule has 1 N–H and O–H groups in total. The van der Waals surface area contributed by atoms with Gasteiger partial charge >= 0.3 is 0 Å². The van der Waals surface area contributed by atoms with E-state index in [-0.39, 0.29) is 24.3 Å². The summed E-state index contributed by atoms with van der Waals surface area (Å²) in [6, 6.07) is 7.16. The molecule has 1 aromatic heterocycles. The Morgan fingerprint density at radius 2 is 2.00 bits per heavy atom. The van der Waals surface area contributed by atoms with Crippen LogP contribution >= 0.6 is 0 Å². The third-order valence-corrected chi connectivity index (χ3v) is 5.66. The number of nitrogens with zero attached hydrogens (tertiary/aromatic N) is 3. The molecule has 0 spiro atoms. The Labute approximate surface area is 168 Å². The highest BCUT2D eigenvalue weighted by atomic mass is 16.5. The molecule has 8 nitrogen and oxygen atoms in total. The summed E-state index contributed by atoms with van der Waals surface area (Å²) in [4.78, 5) is 30.8. The average Bonchev–Trinajstić information content (AvgIpc) is 3.64. The molecule has 3 aliphatic rings. The van der Waals surface area contributed by atoms with Crippen LogP contribution in [0.25, 0.3) is 0 Å². The maximum atomic E-state index is 12.5. The molecule has 2 aromatic rings. The molecular weight excluding hydrogens is 372 g/mol. The summed E-state index contributed by atoms with van der Waals surface area (Å²) in [6.07, 6.45) is 4.92. The van der Waals surface area contributed by atoms with E-state index in [1.54, 1.807) is 24.3 Å². The predicted molar refractivity (Wildman–Crippen MR) is 103 cm³/mol. The summed E-state index contributed by atoms with van der Waals surface area (Å²) < 4.78 is 10.9. The van der Waals surface area contributed by atoms with Gasteiger partial charge in [0.25, 0.3) is 0 Å². The van der Waals surface area contributed by atoms with Crippen molar-refractivity contribution in [3.63, 3.8) is 0 Å². The number of rotatable bonds is 8. The zero-order chi connectivity index (χ0) is 19.8. The normalized spacial score (nSPS) is 21.4. The highest BCUT2D eigenvalue weighted by Gasteiger charge is 2.37. The molecule has 5 rings (SSSR count). The van der Waals surface area contributed by atoms with Gasteiger partial charge in [-0.25, -0.2) is 0 Å². The number of likely N-dealkylation sites (tertiary alicyclic amines) is 1. The average molecular weight is 396 g/mol. The van der Waals surface area contributed by atoms with Gasteiger partial charge in [-0.1, -0.05) is 5.16 Å². The van der Waals surface area contributed by atoms with Gasteiger partial charge in [-0.3, -0.25) is 9.59 Å². The van der Waals surface area contributed by atoms with Crippen LogP contribution in [0.2, 0.25) is 0 Å². The number of benzene rings is 1. The first kappa shape index (κ1) is 18.1. The van der Waals surface area contributed by atoms with Crippen LogP contribution in [0.1, 0.15) is 49.7 Å².